The van der Waals surface area contributed by atoms with Crippen molar-refractivity contribution in [3.05, 3.63) is 57.3 Å². The highest BCUT2D eigenvalue weighted by Gasteiger charge is 2.44. The topological polar surface area (TPSA) is 69.4 Å². The quantitative estimate of drug-likeness (QED) is 0.454. The monoisotopic (exact) mass is 233 g/mol. The number of ether oxygens (including phenoxy) is 1. The molecule has 17 heavy (non-hydrogen) atoms. The van der Waals surface area contributed by atoms with Gasteiger partial charge in [-0.3, -0.25) is 14.9 Å². The highest BCUT2D eigenvalue weighted by Crippen LogP contribution is 2.37. The fourth-order valence-electron chi connectivity index (χ4n) is 2.02. The van der Waals surface area contributed by atoms with Crippen molar-refractivity contribution in [1.82, 2.24) is 0 Å². The van der Waals surface area contributed by atoms with Crippen molar-refractivity contribution in [2.75, 3.05) is 0 Å². The van der Waals surface area contributed by atoms with E-state index >= 15 is 0 Å². The van der Waals surface area contributed by atoms with Crippen LogP contribution in [-0.2, 0) is 9.53 Å². The van der Waals surface area contributed by atoms with Crippen molar-refractivity contribution in [3.8, 4) is 0 Å². The number of hydrogen-bond acceptors (Lipinski definition) is 4. The largest absolute Gasteiger partial charge is 0.434 e. The van der Waals surface area contributed by atoms with Gasteiger partial charge in [0.15, 0.2) is 0 Å². The minimum atomic E-state index is -1.21. The lowest BCUT2D eigenvalue weighted by Crippen LogP contribution is -2.26. The molecule has 1 aliphatic rings. The predicted octanol–water partition coefficient (Wildman–Crippen LogP) is 1.88. The summed E-state index contributed by atoms with van der Waals surface area (Å²) in [7, 11) is 0. The van der Waals surface area contributed by atoms with Crippen LogP contribution in [0.1, 0.15) is 18.4 Å². The Labute approximate surface area is 97.9 Å². The lowest BCUT2D eigenvalue weighted by molar-refractivity contribution is -0.570. The van der Waals surface area contributed by atoms with Crippen molar-refractivity contribution in [3.63, 3.8) is 0 Å². The third kappa shape index (κ3) is 1.91. The van der Waals surface area contributed by atoms with Gasteiger partial charge in [-0.1, -0.05) is 30.3 Å². The van der Waals surface area contributed by atoms with Crippen LogP contribution in [0, 0.1) is 10.1 Å². The number of allylic oxidation sites excluding steroid dienone is 1. The van der Waals surface area contributed by atoms with Crippen LogP contribution in [0.3, 0.4) is 0 Å². The molecule has 0 aromatic heterocycles. The number of carbonyl (C=O) groups is 1. The van der Waals surface area contributed by atoms with Gasteiger partial charge in [-0.15, -0.1) is 0 Å². The minimum absolute atomic E-state index is 0.329. The summed E-state index contributed by atoms with van der Waals surface area (Å²) in [5, 5.41) is 10.9. The molecule has 1 heterocycles. The van der Waals surface area contributed by atoms with Crippen molar-refractivity contribution >= 4 is 6.29 Å². The first-order valence-electron chi connectivity index (χ1n) is 5.16. The summed E-state index contributed by atoms with van der Waals surface area (Å²) in [6.45, 7) is 1.57. The molecule has 0 radical (unpaired) electrons. The maximum absolute atomic E-state index is 11.0. The molecular formula is C12H11NO4. The molecule has 1 aliphatic heterocycles. The highest BCUT2D eigenvalue weighted by atomic mass is 16.7. The second-order valence-corrected chi connectivity index (χ2v) is 3.81. The summed E-state index contributed by atoms with van der Waals surface area (Å²) in [5.41, 5.74) is 1.06. The second-order valence-electron chi connectivity index (χ2n) is 3.81. The fourth-order valence-corrected chi connectivity index (χ4v) is 2.02. The Morgan fingerprint density at radius 2 is 2.00 bits per heavy atom. The molecule has 5 heteroatoms. The van der Waals surface area contributed by atoms with E-state index in [4.69, 9.17) is 4.74 Å². The molecule has 0 saturated carbocycles. The molecule has 0 aliphatic carbocycles. The van der Waals surface area contributed by atoms with Crippen molar-refractivity contribution < 1.29 is 14.5 Å². The Morgan fingerprint density at radius 1 is 1.35 bits per heavy atom. The Balaban J connectivity index is 2.46. The maximum atomic E-state index is 11.0. The summed E-state index contributed by atoms with van der Waals surface area (Å²) in [6.07, 6.45) is -0.575. The number of nitrogens with zero attached hydrogens (tertiary/aromatic N) is 1. The molecule has 0 bridgehead atoms. The highest BCUT2D eigenvalue weighted by molar-refractivity contribution is 5.77. The third-order valence-corrected chi connectivity index (χ3v) is 2.82. The van der Waals surface area contributed by atoms with Crippen LogP contribution < -0.4 is 0 Å². The van der Waals surface area contributed by atoms with E-state index in [0.717, 1.165) is 0 Å². The molecule has 0 fully saturated rings. The van der Waals surface area contributed by atoms with E-state index in [0.29, 0.717) is 23.2 Å². The first kappa shape index (κ1) is 11.3. The van der Waals surface area contributed by atoms with Gasteiger partial charge < -0.3 is 4.74 Å². The van der Waals surface area contributed by atoms with Crippen LogP contribution in [0.15, 0.2) is 41.7 Å². The average molecular weight is 233 g/mol. The van der Waals surface area contributed by atoms with Gasteiger partial charge in [0.2, 0.25) is 0 Å². The maximum Gasteiger partial charge on any atom is 0.364 e. The molecule has 1 aromatic rings. The summed E-state index contributed by atoms with van der Waals surface area (Å²) in [4.78, 5) is 21.4. The average Bonchev–Trinajstić information content (AvgIpc) is 2.67. The van der Waals surface area contributed by atoms with E-state index in [1.807, 2.05) is 6.07 Å². The number of aldehydes is 1. The first-order valence-corrected chi connectivity index (χ1v) is 5.16. The Morgan fingerprint density at radius 3 is 2.53 bits per heavy atom. The molecule has 0 spiro atoms. The summed E-state index contributed by atoms with van der Waals surface area (Å²) in [6, 6.07) is 8.89. The molecule has 0 unspecified atom stereocenters. The predicted molar refractivity (Wildman–Crippen MR) is 59.8 cm³/mol. The first-order chi connectivity index (χ1) is 8.15. The van der Waals surface area contributed by atoms with Gasteiger partial charge in [0, 0.05) is 5.57 Å². The van der Waals surface area contributed by atoms with Crippen LogP contribution >= 0.6 is 0 Å². The lowest BCUT2D eigenvalue weighted by Gasteiger charge is -2.12. The molecular weight excluding hydrogens is 222 g/mol. The molecule has 0 N–H and O–H groups in total. The molecule has 0 amide bonds. The third-order valence-electron chi connectivity index (χ3n) is 2.82. The number of nitro groups is 1. The molecule has 5 nitrogen and oxygen atoms in total. The van der Waals surface area contributed by atoms with E-state index in [-0.39, 0.29) is 0 Å². The molecule has 1 aromatic carbocycles. The number of carbonyl (C=O) groups excluding carboxylic acids is 1. The van der Waals surface area contributed by atoms with Crippen LogP contribution in [-0.4, -0.2) is 17.4 Å². The van der Waals surface area contributed by atoms with Crippen molar-refractivity contribution in [1.29, 1.82) is 0 Å². The van der Waals surface area contributed by atoms with Gasteiger partial charge in [-0.25, -0.2) is 0 Å². The van der Waals surface area contributed by atoms with E-state index < -0.39 is 17.1 Å². The normalized spacial score (nSPS) is 23.4. The Bertz CT molecular complexity index is 481. The van der Waals surface area contributed by atoms with E-state index in [9.17, 15) is 14.9 Å². The zero-order valence-corrected chi connectivity index (χ0v) is 9.20. The van der Waals surface area contributed by atoms with E-state index in [1.165, 1.54) is 0 Å². The molecule has 0 saturated heterocycles. The number of benzene rings is 1. The van der Waals surface area contributed by atoms with Gasteiger partial charge in [0.05, 0.1) is 4.92 Å². The van der Waals surface area contributed by atoms with Gasteiger partial charge in [-0.05, 0) is 12.5 Å². The molecule has 2 rings (SSSR count). The van der Waals surface area contributed by atoms with Crippen molar-refractivity contribution in [2.45, 2.75) is 19.1 Å². The van der Waals surface area contributed by atoms with Gasteiger partial charge >= 0.3 is 6.23 Å². The number of hydrogen-bond donors (Lipinski definition) is 0. The fraction of sp³-hybridized carbons (Fsp3) is 0.250. The zero-order valence-electron chi connectivity index (χ0n) is 9.20. The summed E-state index contributed by atoms with van der Waals surface area (Å²) in [5.74, 6) is -0.292. The van der Waals surface area contributed by atoms with Gasteiger partial charge in [-0.2, -0.15) is 0 Å². The molecule has 2 atom stereocenters. The van der Waals surface area contributed by atoms with Crippen LogP contribution in [0.4, 0.5) is 0 Å². The zero-order chi connectivity index (χ0) is 12.4. The van der Waals surface area contributed by atoms with E-state index in [1.54, 1.807) is 31.2 Å². The SMILES string of the molecule is CC1=C(C=O)[C@@H](c2ccccc2)[C@H]([N+](=O)[O-])O1. The Hall–Kier alpha value is -2.17. The lowest BCUT2D eigenvalue weighted by atomic mass is 9.91. The van der Waals surface area contributed by atoms with E-state index in [2.05, 4.69) is 0 Å². The minimum Gasteiger partial charge on any atom is -0.434 e. The Kier molecular flexibility index (Phi) is 2.91. The second kappa shape index (κ2) is 4.37. The molecule has 88 valence electrons. The van der Waals surface area contributed by atoms with Crippen molar-refractivity contribution in [2.24, 2.45) is 0 Å². The van der Waals surface area contributed by atoms with Gasteiger partial charge in [0.1, 0.15) is 18.0 Å². The standard InChI is InChI=1S/C12H11NO4/c1-8-10(7-14)11(12(17-8)13(15)16)9-5-3-2-4-6-9/h2-7,11-12H,1H3/t11-,12-/m1/s1. The number of rotatable bonds is 3. The summed E-state index contributed by atoms with van der Waals surface area (Å²) >= 11 is 0. The smallest absolute Gasteiger partial charge is 0.364 e. The van der Waals surface area contributed by atoms with Crippen LogP contribution in [0.2, 0.25) is 0 Å². The van der Waals surface area contributed by atoms with Crippen LogP contribution in [0.25, 0.3) is 0 Å². The van der Waals surface area contributed by atoms with Gasteiger partial charge in [0.25, 0.3) is 0 Å². The van der Waals surface area contributed by atoms with Crippen LogP contribution in [0.5, 0.6) is 0 Å². The summed E-state index contributed by atoms with van der Waals surface area (Å²) < 4.78 is 5.14.